The molecule has 4 rings (SSSR count). The van der Waals surface area contributed by atoms with Gasteiger partial charge in [0.1, 0.15) is 0 Å². The highest BCUT2D eigenvalue weighted by molar-refractivity contribution is 5.96. The Hall–Kier alpha value is -2.17. The molecule has 2 atom stereocenters. The summed E-state index contributed by atoms with van der Waals surface area (Å²) in [5.74, 6) is -0.0223. The van der Waals surface area contributed by atoms with E-state index in [1.807, 2.05) is 24.3 Å². The van der Waals surface area contributed by atoms with E-state index in [0.29, 0.717) is 13.0 Å². The zero-order valence-electron chi connectivity index (χ0n) is 14.3. The molecule has 0 spiro atoms. The monoisotopic (exact) mass is 336 g/mol. The summed E-state index contributed by atoms with van der Waals surface area (Å²) in [6.45, 7) is 2.53. The lowest BCUT2D eigenvalue weighted by molar-refractivity contribution is 0.0796. The Labute approximate surface area is 148 Å². The standard InChI is InChI=1S/C21H24N2O2/c24-19(14-23-10-9-15-5-1-2-7-17(15)13-23)12-18-11-16-6-3-4-8-20(16)21(25)22-18/h1-8,18-19,24H,9-14H2,(H,22,25)/t18?,19-/m1/s1. The van der Waals surface area contributed by atoms with E-state index in [1.165, 1.54) is 11.1 Å². The first kappa shape index (κ1) is 16.3. The number of β-amino-alcohol motifs (C(OH)–C–C–N with tert-alkyl or cyclic N) is 1. The van der Waals surface area contributed by atoms with Gasteiger partial charge < -0.3 is 10.4 Å². The van der Waals surface area contributed by atoms with E-state index in [-0.39, 0.29) is 11.9 Å². The smallest absolute Gasteiger partial charge is 0.251 e. The number of hydrogen-bond acceptors (Lipinski definition) is 3. The van der Waals surface area contributed by atoms with Gasteiger partial charge in [-0.25, -0.2) is 0 Å². The van der Waals surface area contributed by atoms with Crippen molar-refractivity contribution in [1.29, 1.82) is 0 Å². The quantitative estimate of drug-likeness (QED) is 0.899. The Kier molecular flexibility index (Phi) is 4.55. The second-order valence-corrected chi connectivity index (χ2v) is 7.18. The van der Waals surface area contributed by atoms with Gasteiger partial charge in [-0.15, -0.1) is 0 Å². The third kappa shape index (κ3) is 3.60. The molecule has 2 aliphatic rings. The molecule has 25 heavy (non-hydrogen) atoms. The van der Waals surface area contributed by atoms with Crippen molar-refractivity contribution >= 4 is 5.91 Å². The molecule has 2 heterocycles. The summed E-state index contributed by atoms with van der Waals surface area (Å²) in [5.41, 5.74) is 4.63. The van der Waals surface area contributed by atoms with Crippen LogP contribution in [0.2, 0.25) is 0 Å². The molecule has 0 fully saturated rings. The molecule has 2 aromatic carbocycles. The zero-order valence-corrected chi connectivity index (χ0v) is 14.3. The summed E-state index contributed by atoms with van der Waals surface area (Å²) in [5, 5.41) is 13.6. The summed E-state index contributed by atoms with van der Waals surface area (Å²) in [4.78, 5) is 14.5. The lowest BCUT2D eigenvalue weighted by Crippen LogP contribution is -2.45. The van der Waals surface area contributed by atoms with Crippen LogP contribution >= 0.6 is 0 Å². The number of hydrogen-bond donors (Lipinski definition) is 2. The molecule has 4 nitrogen and oxygen atoms in total. The molecule has 0 bridgehead atoms. The van der Waals surface area contributed by atoms with Crippen molar-refractivity contribution in [1.82, 2.24) is 10.2 Å². The van der Waals surface area contributed by atoms with Crippen molar-refractivity contribution in [2.45, 2.75) is 38.0 Å². The molecule has 2 aliphatic heterocycles. The number of carbonyl (C=O) groups is 1. The predicted octanol–water partition coefficient (Wildman–Crippen LogP) is 2.15. The number of nitrogens with one attached hydrogen (secondary N) is 1. The topological polar surface area (TPSA) is 52.6 Å². The molecule has 1 unspecified atom stereocenters. The van der Waals surface area contributed by atoms with E-state index in [4.69, 9.17) is 0 Å². The number of carbonyl (C=O) groups excluding carboxylic acids is 1. The van der Waals surface area contributed by atoms with E-state index in [2.05, 4.69) is 34.5 Å². The molecule has 130 valence electrons. The average molecular weight is 336 g/mol. The third-order valence-electron chi connectivity index (χ3n) is 5.30. The maximum atomic E-state index is 12.2. The van der Waals surface area contributed by atoms with Crippen molar-refractivity contribution in [3.8, 4) is 0 Å². The largest absolute Gasteiger partial charge is 0.392 e. The number of benzene rings is 2. The van der Waals surface area contributed by atoms with Crippen LogP contribution in [0.25, 0.3) is 0 Å². The summed E-state index contributed by atoms with van der Waals surface area (Å²) in [7, 11) is 0. The van der Waals surface area contributed by atoms with Crippen LogP contribution in [0.3, 0.4) is 0 Å². The van der Waals surface area contributed by atoms with Crippen LogP contribution < -0.4 is 5.32 Å². The highest BCUT2D eigenvalue weighted by Crippen LogP contribution is 2.21. The summed E-state index contributed by atoms with van der Waals surface area (Å²) < 4.78 is 0. The first-order chi connectivity index (χ1) is 12.2. The van der Waals surface area contributed by atoms with Gasteiger partial charge in [-0.1, -0.05) is 42.5 Å². The summed E-state index contributed by atoms with van der Waals surface area (Å²) in [6.07, 6.45) is 2.00. The second-order valence-electron chi connectivity index (χ2n) is 7.18. The van der Waals surface area contributed by atoms with Crippen molar-refractivity contribution in [3.05, 3.63) is 70.8 Å². The molecule has 1 amide bonds. The molecule has 0 saturated carbocycles. The molecule has 0 saturated heterocycles. The Balaban J connectivity index is 1.34. The maximum absolute atomic E-state index is 12.2. The van der Waals surface area contributed by atoms with Crippen molar-refractivity contribution in [3.63, 3.8) is 0 Å². The van der Waals surface area contributed by atoms with Crippen LogP contribution in [0.5, 0.6) is 0 Å². The average Bonchev–Trinajstić information content (AvgIpc) is 2.61. The van der Waals surface area contributed by atoms with Gasteiger partial charge in [0.2, 0.25) is 0 Å². The Morgan fingerprint density at radius 1 is 1.08 bits per heavy atom. The molecule has 2 N–H and O–H groups in total. The number of amides is 1. The van der Waals surface area contributed by atoms with Gasteiger partial charge in [0.05, 0.1) is 6.10 Å². The summed E-state index contributed by atoms with van der Waals surface area (Å²) in [6, 6.07) is 16.3. The molecular formula is C21H24N2O2. The van der Waals surface area contributed by atoms with Gasteiger partial charge in [0, 0.05) is 31.2 Å². The third-order valence-corrected chi connectivity index (χ3v) is 5.30. The molecule has 0 aromatic heterocycles. The number of nitrogens with zero attached hydrogens (tertiary/aromatic N) is 1. The van der Waals surface area contributed by atoms with E-state index in [0.717, 1.165) is 37.1 Å². The van der Waals surface area contributed by atoms with Crippen LogP contribution in [0.4, 0.5) is 0 Å². The van der Waals surface area contributed by atoms with Crippen molar-refractivity contribution in [2.75, 3.05) is 13.1 Å². The number of aliphatic hydroxyl groups is 1. The van der Waals surface area contributed by atoms with E-state index in [1.54, 1.807) is 0 Å². The first-order valence-corrected chi connectivity index (χ1v) is 9.05. The molecule has 0 radical (unpaired) electrons. The normalized spacial score (nSPS) is 21.2. The fourth-order valence-corrected chi connectivity index (χ4v) is 4.05. The minimum absolute atomic E-state index is 0.00877. The molecule has 2 aromatic rings. The second kappa shape index (κ2) is 6.98. The molecule has 4 heteroatoms. The maximum Gasteiger partial charge on any atom is 0.251 e. The fraction of sp³-hybridized carbons (Fsp3) is 0.381. The Morgan fingerprint density at radius 3 is 2.64 bits per heavy atom. The molecular weight excluding hydrogens is 312 g/mol. The highest BCUT2D eigenvalue weighted by atomic mass is 16.3. The van der Waals surface area contributed by atoms with E-state index < -0.39 is 6.10 Å². The SMILES string of the molecule is O=C1NC(C[C@@H](O)CN2CCc3ccccc3C2)Cc2ccccc21. The van der Waals surface area contributed by atoms with Gasteiger partial charge in [-0.05, 0) is 42.0 Å². The first-order valence-electron chi connectivity index (χ1n) is 9.05. The minimum atomic E-state index is -0.430. The number of fused-ring (bicyclic) bond motifs is 2. The Bertz CT molecular complexity index is 774. The number of aliphatic hydroxyl groups excluding tert-OH is 1. The van der Waals surface area contributed by atoms with E-state index >= 15 is 0 Å². The van der Waals surface area contributed by atoms with Gasteiger partial charge in [-0.2, -0.15) is 0 Å². The predicted molar refractivity (Wildman–Crippen MR) is 97.4 cm³/mol. The fourth-order valence-electron chi connectivity index (χ4n) is 4.05. The van der Waals surface area contributed by atoms with E-state index in [9.17, 15) is 9.90 Å². The van der Waals surface area contributed by atoms with Gasteiger partial charge >= 0.3 is 0 Å². The van der Waals surface area contributed by atoms with Crippen LogP contribution in [0.15, 0.2) is 48.5 Å². The van der Waals surface area contributed by atoms with Gasteiger partial charge in [0.15, 0.2) is 0 Å². The van der Waals surface area contributed by atoms with Crippen LogP contribution in [0, 0.1) is 0 Å². The van der Waals surface area contributed by atoms with Crippen LogP contribution in [-0.4, -0.2) is 41.1 Å². The van der Waals surface area contributed by atoms with Crippen LogP contribution in [-0.2, 0) is 19.4 Å². The minimum Gasteiger partial charge on any atom is -0.392 e. The van der Waals surface area contributed by atoms with Gasteiger partial charge in [-0.3, -0.25) is 9.69 Å². The van der Waals surface area contributed by atoms with Crippen LogP contribution in [0.1, 0.15) is 33.5 Å². The molecule has 0 aliphatic carbocycles. The zero-order chi connectivity index (χ0) is 17.2. The number of rotatable bonds is 4. The highest BCUT2D eigenvalue weighted by Gasteiger charge is 2.26. The lowest BCUT2D eigenvalue weighted by atomic mass is 9.92. The Morgan fingerprint density at radius 2 is 1.80 bits per heavy atom. The van der Waals surface area contributed by atoms with Crippen molar-refractivity contribution in [2.24, 2.45) is 0 Å². The van der Waals surface area contributed by atoms with Crippen molar-refractivity contribution < 1.29 is 9.90 Å². The van der Waals surface area contributed by atoms with Gasteiger partial charge in [0.25, 0.3) is 5.91 Å². The summed E-state index contributed by atoms with van der Waals surface area (Å²) >= 11 is 0. The lowest BCUT2D eigenvalue weighted by Gasteiger charge is -2.32.